The number of hydrogen-bond acceptors (Lipinski definition) is 4. The number of carbonyl (C=O) groups excluding carboxylic acids is 1. The normalized spacial score (nSPS) is 20.2. The fourth-order valence-electron chi connectivity index (χ4n) is 1.57. The van der Waals surface area contributed by atoms with E-state index in [1.165, 1.54) is 17.3 Å². The Morgan fingerprint density at radius 2 is 2.31 bits per heavy atom. The number of carboxylic acids is 1. The largest absolute Gasteiger partial charge is 0.481 e. The topological polar surface area (TPSA) is 83.4 Å². The molecular formula is C9H8ClN3O3. The summed E-state index contributed by atoms with van der Waals surface area (Å²) in [5.41, 5.74) is 0. The lowest BCUT2D eigenvalue weighted by Gasteiger charge is -2.14. The summed E-state index contributed by atoms with van der Waals surface area (Å²) in [5, 5.41) is 9.03. The molecule has 84 valence electrons. The molecule has 1 aliphatic heterocycles. The van der Waals surface area contributed by atoms with Gasteiger partial charge < -0.3 is 5.11 Å². The van der Waals surface area contributed by atoms with Gasteiger partial charge in [-0.05, 0) is 0 Å². The zero-order chi connectivity index (χ0) is 11.7. The number of rotatable bonds is 2. The van der Waals surface area contributed by atoms with Crippen LogP contribution < -0.4 is 4.90 Å². The van der Waals surface area contributed by atoms with E-state index in [9.17, 15) is 9.59 Å². The van der Waals surface area contributed by atoms with E-state index in [1.807, 2.05) is 0 Å². The molecule has 1 aromatic rings. The number of nitrogens with zero attached hydrogens (tertiary/aromatic N) is 3. The molecule has 1 aliphatic rings. The van der Waals surface area contributed by atoms with Crippen LogP contribution in [0, 0.1) is 5.92 Å². The van der Waals surface area contributed by atoms with E-state index in [2.05, 4.69) is 9.97 Å². The molecule has 1 atom stereocenters. The second-order valence-electron chi connectivity index (χ2n) is 3.44. The molecule has 2 heterocycles. The third kappa shape index (κ3) is 1.96. The molecular weight excluding hydrogens is 234 g/mol. The lowest BCUT2D eigenvalue weighted by atomic mass is 10.1. The van der Waals surface area contributed by atoms with E-state index in [4.69, 9.17) is 16.7 Å². The van der Waals surface area contributed by atoms with Gasteiger partial charge in [0.05, 0.1) is 5.92 Å². The van der Waals surface area contributed by atoms with Gasteiger partial charge >= 0.3 is 5.97 Å². The lowest BCUT2D eigenvalue weighted by molar-refractivity contribution is -0.141. The highest BCUT2D eigenvalue weighted by atomic mass is 35.5. The van der Waals surface area contributed by atoms with Gasteiger partial charge in [0.2, 0.25) is 5.91 Å². The molecule has 0 bridgehead atoms. The first kappa shape index (κ1) is 10.8. The Morgan fingerprint density at radius 1 is 1.56 bits per heavy atom. The van der Waals surface area contributed by atoms with Crippen molar-refractivity contribution in [2.45, 2.75) is 6.42 Å². The summed E-state index contributed by atoms with van der Waals surface area (Å²) < 4.78 is 0. The van der Waals surface area contributed by atoms with Gasteiger partial charge in [-0.15, -0.1) is 0 Å². The van der Waals surface area contributed by atoms with Crippen LogP contribution in [0.4, 0.5) is 5.82 Å². The van der Waals surface area contributed by atoms with Gasteiger partial charge in [-0.2, -0.15) is 0 Å². The summed E-state index contributed by atoms with van der Waals surface area (Å²) in [6.07, 6.45) is 1.23. The van der Waals surface area contributed by atoms with Crippen molar-refractivity contribution < 1.29 is 14.7 Å². The highest BCUT2D eigenvalue weighted by Gasteiger charge is 2.35. The smallest absolute Gasteiger partial charge is 0.308 e. The average Bonchev–Trinajstić information content (AvgIpc) is 2.60. The Kier molecular flexibility index (Phi) is 2.74. The van der Waals surface area contributed by atoms with Crippen LogP contribution in [-0.4, -0.2) is 33.5 Å². The Balaban J connectivity index is 2.23. The molecule has 1 fully saturated rings. The molecule has 2 rings (SSSR count). The van der Waals surface area contributed by atoms with Gasteiger partial charge in [-0.3, -0.25) is 14.5 Å². The number of hydrogen-bond donors (Lipinski definition) is 1. The molecule has 0 aromatic carbocycles. The van der Waals surface area contributed by atoms with Gasteiger partial charge in [0.1, 0.15) is 17.3 Å². The number of carbonyl (C=O) groups is 2. The second kappa shape index (κ2) is 4.05. The summed E-state index contributed by atoms with van der Waals surface area (Å²) in [6.45, 7) is 0.126. The first-order valence-electron chi connectivity index (χ1n) is 4.58. The molecule has 0 saturated carbocycles. The number of halogens is 1. The van der Waals surface area contributed by atoms with E-state index in [0.717, 1.165) is 0 Å². The molecule has 0 spiro atoms. The number of aliphatic carboxylic acids is 1. The third-order valence-electron chi connectivity index (χ3n) is 2.37. The van der Waals surface area contributed by atoms with Crippen molar-refractivity contribution in [3.8, 4) is 0 Å². The highest BCUT2D eigenvalue weighted by Crippen LogP contribution is 2.24. The van der Waals surface area contributed by atoms with Crippen LogP contribution in [0.2, 0.25) is 5.15 Å². The fourth-order valence-corrected chi connectivity index (χ4v) is 1.71. The summed E-state index contributed by atoms with van der Waals surface area (Å²) in [4.78, 5) is 31.2. The minimum atomic E-state index is -0.976. The maximum absolute atomic E-state index is 11.6. The van der Waals surface area contributed by atoms with Crippen molar-refractivity contribution in [3.63, 3.8) is 0 Å². The Hall–Kier alpha value is -1.69. The number of amides is 1. The van der Waals surface area contributed by atoms with E-state index in [-0.39, 0.29) is 24.0 Å². The predicted octanol–water partition coefficient (Wildman–Crippen LogP) is 0.568. The van der Waals surface area contributed by atoms with Crippen molar-refractivity contribution in [2.24, 2.45) is 5.92 Å². The Bertz CT molecular complexity index is 451. The summed E-state index contributed by atoms with van der Waals surface area (Å²) in [7, 11) is 0. The fraction of sp³-hybridized carbons (Fsp3) is 0.333. The monoisotopic (exact) mass is 241 g/mol. The molecule has 0 aliphatic carbocycles. The van der Waals surface area contributed by atoms with E-state index < -0.39 is 11.9 Å². The Labute approximate surface area is 95.9 Å². The van der Waals surface area contributed by atoms with Crippen LogP contribution in [0.25, 0.3) is 0 Å². The zero-order valence-corrected chi connectivity index (χ0v) is 8.89. The SMILES string of the molecule is O=C(O)C1CC(=O)N(c2cc(Cl)ncn2)C1. The highest BCUT2D eigenvalue weighted by molar-refractivity contribution is 6.29. The van der Waals surface area contributed by atoms with Crippen molar-refractivity contribution in [3.05, 3.63) is 17.5 Å². The van der Waals surface area contributed by atoms with Crippen molar-refractivity contribution in [1.82, 2.24) is 9.97 Å². The summed E-state index contributed by atoms with van der Waals surface area (Å²) >= 11 is 5.66. The van der Waals surface area contributed by atoms with Gasteiger partial charge in [-0.1, -0.05) is 11.6 Å². The van der Waals surface area contributed by atoms with Gasteiger partial charge in [0.15, 0.2) is 0 Å². The minimum Gasteiger partial charge on any atom is -0.481 e. The molecule has 1 N–H and O–H groups in total. The first-order chi connectivity index (χ1) is 7.58. The standard InChI is InChI=1S/C9H8ClN3O3/c10-6-2-7(12-4-11-6)13-3-5(9(15)16)1-8(13)14/h2,4-5H,1,3H2,(H,15,16). The zero-order valence-electron chi connectivity index (χ0n) is 8.13. The number of carboxylic acid groups (broad SMARTS) is 1. The predicted molar refractivity (Wildman–Crippen MR) is 55.1 cm³/mol. The molecule has 16 heavy (non-hydrogen) atoms. The summed E-state index contributed by atoms with van der Waals surface area (Å²) in [5.74, 6) is -1.58. The number of aromatic nitrogens is 2. The first-order valence-corrected chi connectivity index (χ1v) is 4.96. The van der Waals surface area contributed by atoms with Crippen molar-refractivity contribution in [1.29, 1.82) is 0 Å². The van der Waals surface area contributed by atoms with Crippen LogP contribution >= 0.6 is 11.6 Å². The molecule has 1 unspecified atom stereocenters. The lowest BCUT2D eigenvalue weighted by Crippen LogP contribution is -2.26. The molecule has 1 aromatic heterocycles. The minimum absolute atomic E-state index is 0.00302. The van der Waals surface area contributed by atoms with Gasteiger partial charge in [0, 0.05) is 19.0 Å². The maximum Gasteiger partial charge on any atom is 0.308 e. The van der Waals surface area contributed by atoms with Crippen molar-refractivity contribution >= 4 is 29.3 Å². The molecule has 6 nitrogen and oxygen atoms in total. The van der Waals surface area contributed by atoms with Crippen LogP contribution in [0.1, 0.15) is 6.42 Å². The van der Waals surface area contributed by atoms with Crippen LogP contribution in [0.3, 0.4) is 0 Å². The quantitative estimate of drug-likeness (QED) is 0.766. The van der Waals surface area contributed by atoms with E-state index >= 15 is 0 Å². The third-order valence-corrected chi connectivity index (χ3v) is 2.58. The van der Waals surface area contributed by atoms with Crippen molar-refractivity contribution in [2.75, 3.05) is 11.4 Å². The van der Waals surface area contributed by atoms with Gasteiger partial charge in [-0.25, -0.2) is 9.97 Å². The van der Waals surface area contributed by atoms with Crippen LogP contribution in [0.5, 0.6) is 0 Å². The van der Waals surface area contributed by atoms with Gasteiger partial charge in [0.25, 0.3) is 0 Å². The Morgan fingerprint density at radius 3 is 2.88 bits per heavy atom. The number of anilines is 1. The van der Waals surface area contributed by atoms with Crippen LogP contribution in [-0.2, 0) is 9.59 Å². The molecule has 1 amide bonds. The molecule has 0 radical (unpaired) electrons. The molecule has 1 saturated heterocycles. The van der Waals surface area contributed by atoms with E-state index in [1.54, 1.807) is 0 Å². The van der Waals surface area contributed by atoms with E-state index in [0.29, 0.717) is 5.82 Å². The van der Waals surface area contributed by atoms with Crippen LogP contribution in [0.15, 0.2) is 12.4 Å². The summed E-state index contributed by atoms with van der Waals surface area (Å²) in [6, 6.07) is 1.43. The molecule has 7 heteroatoms. The average molecular weight is 242 g/mol. The second-order valence-corrected chi connectivity index (χ2v) is 3.83. The maximum atomic E-state index is 11.6.